The largest absolute Gasteiger partial charge is 0.309 e. The lowest BCUT2D eigenvalue weighted by molar-refractivity contribution is 1.16. The van der Waals surface area contributed by atoms with E-state index in [0.717, 1.165) is 11.4 Å². The third-order valence-electron chi connectivity index (χ3n) is 9.41. The number of aromatic nitrogens is 3. The van der Waals surface area contributed by atoms with Crippen molar-refractivity contribution in [3.63, 3.8) is 0 Å². The quantitative estimate of drug-likeness (QED) is 0.200. The minimum Gasteiger partial charge on any atom is -0.309 e. The van der Waals surface area contributed by atoms with Crippen LogP contribution in [0.3, 0.4) is 0 Å². The predicted molar refractivity (Wildman–Crippen MR) is 189 cm³/mol. The van der Waals surface area contributed by atoms with Crippen molar-refractivity contribution in [2.75, 3.05) is 0 Å². The standard InChI is InChI=1S/C42H27N3/c1-3-13-28(14-4-1)43-37-22-12-9-19-33(37)41-39(43)25-26-40-42(41)34-27-30(23-24-38(34)44(40)29-15-5-2-6-16-29)45-35-20-10-7-17-31(35)32-18-8-11-21-36(32)45/h1-27H. The van der Waals surface area contributed by atoms with Crippen LogP contribution in [0.25, 0.3) is 82.5 Å². The van der Waals surface area contributed by atoms with Gasteiger partial charge in [-0.05, 0) is 72.8 Å². The van der Waals surface area contributed by atoms with Gasteiger partial charge in [-0.2, -0.15) is 0 Å². The Morgan fingerprint density at radius 1 is 0.244 bits per heavy atom. The van der Waals surface area contributed by atoms with E-state index in [2.05, 4.69) is 177 Å². The average molecular weight is 574 g/mol. The highest BCUT2D eigenvalue weighted by Gasteiger charge is 2.21. The highest BCUT2D eigenvalue weighted by Crippen LogP contribution is 2.43. The van der Waals surface area contributed by atoms with Gasteiger partial charge < -0.3 is 13.7 Å². The molecule has 0 saturated heterocycles. The molecule has 3 heteroatoms. The van der Waals surface area contributed by atoms with Crippen LogP contribution in [0.5, 0.6) is 0 Å². The van der Waals surface area contributed by atoms with Gasteiger partial charge in [-0.25, -0.2) is 0 Å². The Labute approximate surface area is 259 Å². The van der Waals surface area contributed by atoms with Gasteiger partial charge in [0.1, 0.15) is 0 Å². The van der Waals surface area contributed by atoms with Crippen LogP contribution < -0.4 is 0 Å². The number of hydrogen-bond acceptors (Lipinski definition) is 0. The molecule has 3 aromatic heterocycles. The minimum atomic E-state index is 1.16. The van der Waals surface area contributed by atoms with Gasteiger partial charge in [0.15, 0.2) is 0 Å². The fraction of sp³-hybridized carbons (Fsp3) is 0. The molecule has 45 heavy (non-hydrogen) atoms. The average Bonchev–Trinajstić information content (AvgIpc) is 3.74. The zero-order valence-electron chi connectivity index (χ0n) is 24.4. The Bertz CT molecular complexity index is 2690. The Hall–Kier alpha value is -6.06. The number of benzene rings is 7. The second-order valence-corrected chi connectivity index (χ2v) is 11.8. The van der Waals surface area contributed by atoms with E-state index in [4.69, 9.17) is 0 Å². The van der Waals surface area contributed by atoms with Gasteiger partial charge >= 0.3 is 0 Å². The number of nitrogens with zero attached hydrogens (tertiary/aromatic N) is 3. The fourth-order valence-electron chi connectivity index (χ4n) is 7.61. The second kappa shape index (κ2) is 9.22. The fourth-order valence-corrected chi connectivity index (χ4v) is 7.61. The number of fused-ring (bicyclic) bond motifs is 10. The van der Waals surface area contributed by atoms with E-state index in [9.17, 15) is 0 Å². The van der Waals surface area contributed by atoms with Crippen molar-refractivity contribution in [2.45, 2.75) is 0 Å². The van der Waals surface area contributed by atoms with Gasteiger partial charge in [0.2, 0.25) is 0 Å². The molecule has 0 fully saturated rings. The van der Waals surface area contributed by atoms with E-state index in [1.54, 1.807) is 0 Å². The first kappa shape index (κ1) is 24.4. The van der Waals surface area contributed by atoms with E-state index in [1.165, 1.54) is 71.1 Å². The predicted octanol–water partition coefficient (Wildman–Crippen LogP) is 11.0. The van der Waals surface area contributed by atoms with Gasteiger partial charge in [-0.3, -0.25) is 0 Å². The van der Waals surface area contributed by atoms with Crippen molar-refractivity contribution in [3.05, 3.63) is 164 Å². The maximum Gasteiger partial charge on any atom is 0.0548 e. The lowest BCUT2D eigenvalue weighted by Gasteiger charge is -2.10. The van der Waals surface area contributed by atoms with Gasteiger partial charge in [0.05, 0.1) is 33.1 Å². The molecule has 0 atom stereocenters. The summed E-state index contributed by atoms with van der Waals surface area (Å²) in [5.41, 5.74) is 10.8. The molecular weight excluding hydrogens is 546 g/mol. The lowest BCUT2D eigenvalue weighted by atomic mass is 10.0. The maximum atomic E-state index is 2.42. The van der Waals surface area contributed by atoms with Gasteiger partial charge in [-0.15, -0.1) is 0 Å². The Morgan fingerprint density at radius 2 is 0.622 bits per heavy atom. The zero-order chi connectivity index (χ0) is 29.5. The van der Waals surface area contributed by atoms with Crippen LogP contribution in [0.2, 0.25) is 0 Å². The van der Waals surface area contributed by atoms with Crippen molar-refractivity contribution in [2.24, 2.45) is 0 Å². The highest BCUT2D eigenvalue weighted by atomic mass is 15.0. The smallest absolute Gasteiger partial charge is 0.0548 e. The van der Waals surface area contributed by atoms with E-state index in [0.29, 0.717) is 0 Å². The molecule has 7 aromatic carbocycles. The molecule has 210 valence electrons. The molecule has 0 aliphatic rings. The van der Waals surface area contributed by atoms with E-state index in [-0.39, 0.29) is 0 Å². The molecule has 3 heterocycles. The summed E-state index contributed by atoms with van der Waals surface area (Å²) in [6, 6.07) is 59.4. The van der Waals surface area contributed by atoms with Gasteiger partial charge in [0.25, 0.3) is 0 Å². The summed E-state index contributed by atoms with van der Waals surface area (Å²) in [5.74, 6) is 0. The summed E-state index contributed by atoms with van der Waals surface area (Å²) >= 11 is 0. The van der Waals surface area contributed by atoms with Crippen molar-refractivity contribution < 1.29 is 0 Å². The lowest BCUT2D eigenvalue weighted by Crippen LogP contribution is -1.95. The van der Waals surface area contributed by atoms with E-state index < -0.39 is 0 Å². The molecule has 0 unspecified atom stereocenters. The molecular formula is C42H27N3. The summed E-state index contributed by atoms with van der Waals surface area (Å²) in [6.07, 6.45) is 0. The van der Waals surface area contributed by atoms with Crippen LogP contribution in [0.15, 0.2) is 164 Å². The number of rotatable bonds is 3. The molecule has 0 amide bonds. The van der Waals surface area contributed by atoms with Crippen LogP contribution in [-0.2, 0) is 0 Å². The van der Waals surface area contributed by atoms with Crippen LogP contribution in [0.4, 0.5) is 0 Å². The van der Waals surface area contributed by atoms with Crippen LogP contribution >= 0.6 is 0 Å². The Kier molecular flexibility index (Phi) is 5.00. The van der Waals surface area contributed by atoms with Crippen LogP contribution in [0, 0.1) is 0 Å². The summed E-state index contributed by atoms with van der Waals surface area (Å²) in [7, 11) is 0. The molecule has 0 N–H and O–H groups in total. The zero-order valence-corrected chi connectivity index (χ0v) is 24.4. The molecule has 3 nitrogen and oxygen atoms in total. The van der Waals surface area contributed by atoms with E-state index >= 15 is 0 Å². The molecule has 0 radical (unpaired) electrons. The number of para-hydroxylation sites is 5. The van der Waals surface area contributed by atoms with Crippen molar-refractivity contribution in [1.82, 2.24) is 13.7 Å². The van der Waals surface area contributed by atoms with Crippen molar-refractivity contribution in [1.29, 1.82) is 0 Å². The topological polar surface area (TPSA) is 14.8 Å². The summed E-state index contributed by atoms with van der Waals surface area (Å²) < 4.78 is 7.25. The maximum absolute atomic E-state index is 2.42. The minimum absolute atomic E-state index is 1.16. The first-order valence-corrected chi connectivity index (χ1v) is 15.5. The normalized spacial score (nSPS) is 12.0. The Balaban J connectivity index is 1.40. The molecule has 10 aromatic rings. The third kappa shape index (κ3) is 3.35. The van der Waals surface area contributed by atoms with Crippen molar-refractivity contribution in [3.8, 4) is 17.1 Å². The van der Waals surface area contributed by atoms with Crippen molar-refractivity contribution >= 4 is 65.4 Å². The molecule has 0 spiro atoms. The second-order valence-electron chi connectivity index (χ2n) is 11.8. The van der Waals surface area contributed by atoms with Crippen LogP contribution in [0.1, 0.15) is 0 Å². The van der Waals surface area contributed by atoms with Crippen LogP contribution in [-0.4, -0.2) is 13.7 Å². The molecule has 0 saturated carbocycles. The summed E-state index contributed by atoms with van der Waals surface area (Å²) in [4.78, 5) is 0. The SMILES string of the molecule is c1ccc(-n2c3ccccc3c3c4c5cc(-n6c7ccccc7c7ccccc76)ccc5n(-c5ccccc5)c4ccc32)cc1. The monoisotopic (exact) mass is 573 g/mol. The summed E-state index contributed by atoms with van der Waals surface area (Å²) in [5, 5.41) is 7.61. The molecule has 0 aliphatic carbocycles. The first-order chi connectivity index (χ1) is 22.4. The van der Waals surface area contributed by atoms with Gasteiger partial charge in [0, 0.05) is 49.4 Å². The molecule has 0 bridgehead atoms. The van der Waals surface area contributed by atoms with Gasteiger partial charge in [-0.1, -0.05) is 91.0 Å². The first-order valence-electron chi connectivity index (χ1n) is 15.5. The summed E-state index contributed by atoms with van der Waals surface area (Å²) in [6.45, 7) is 0. The highest BCUT2D eigenvalue weighted by molar-refractivity contribution is 6.29. The third-order valence-corrected chi connectivity index (χ3v) is 9.41. The molecule has 0 aliphatic heterocycles. The van der Waals surface area contributed by atoms with E-state index in [1.807, 2.05) is 0 Å². The number of hydrogen-bond donors (Lipinski definition) is 0. The Morgan fingerprint density at radius 3 is 1.18 bits per heavy atom. The molecule has 10 rings (SSSR count).